The smallest absolute Gasteiger partial charge is 0.226 e. The van der Waals surface area contributed by atoms with Crippen molar-refractivity contribution in [1.82, 2.24) is 10.2 Å². The predicted octanol–water partition coefficient (Wildman–Crippen LogP) is 3.63. The van der Waals surface area contributed by atoms with E-state index in [2.05, 4.69) is 5.32 Å². The van der Waals surface area contributed by atoms with E-state index in [-0.39, 0.29) is 29.8 Å². The summed E-state index contributed by atoms with van der Waals surface area (Å²) in [7, 11) is 0. The van der Waals surface area contributed by atoms with E-state index < -0.39 is 11.6 Å². The number of carbonyl (C=O) groups excluding carboxylic acids is 1. The van der Waals surface area contributed by atoms with Gasteiger partial charge in [-0.25, -0.2) is 8.78 Å². The molecule has 1 unspecified atom stereocenters. The fraction of sp³-hybridized carbons (Fsp3) is 0.650. The Bertz CT molecular complexity index is 651. The molecule has 1 N–H and O–H groups in total. The average Bonchev–Trinajstić information content (AvgIpc) is 3.04. The number of nitrogens with one attached hydrogen (secondary N) is 1. The lowest BCUT2D eigenvalue weighted by Crippen LogP contribution is -2.41. The monoisotopic (exact) mass is 348 g/mol. The van der Waals surface area contributed by atoms with Crippen molar-refractivity contribution in [3.8, 4) is 0 Å². The number of benzene rings is 1. The van der Waals surface area contributed by atoms with Crippen LogP contribution < -0.4 is 5.32 Å². The van der Waals surface area contributed by atoms with Gasteiger partial charge in [0.1, 0.15) is 11.6 Å². The fourth-order valence-electron chi connectivity index (χ4n) is 4.81. The van der Waals surface area contributed by atoms with Crippen molar-refractivity contribution in [3.63, 3.8) is 0 Å². The first kappa shape index (κ1) is 17.0. The van der Waals surface area contributed by atoms with E-state index in [1.807, 2.05) is 4.90 Å². The largest absolute Gasteiger partial charge is 0.335 e. The number of carbonyl (C=O) groups is 1. The molecule has 2 aliphatic carbocycles. The Morgan fingerprint density at radius 3 is 2.60 bits per heavy atom. The molecule has 1 heterocycles. The van der Waals surface area contributed by atoms with Crippen LogP contribution in [0.15, 0.2) is 18.2 Å². The Balaban J connectivity index is 1.53. The lowest BCUT2D eigenvalue weighted by molar-refractivity contribution is -0.136. The number of hydrogen-bond acceptors (Lipinski definition) is 2. The van der Waals surface area contributed by atoms with Crippen molar-refractivity contribution in [2.45, 2.75) is 57.5 Å². The lowest BCUT2D eigenvalue weighted by Gasteiger charge is -2.31. The van der Waals surface area contributed by atoms with Gasteiger partial charge in [0.15, 0.2) is 0 Å². The molecule has 1 atom stereocenters. The zero-order valence-corrected chi connectivity index (χ0v) is 14.6. The van der Waals surface area contributed by atoms with Gasteiger partial charge in [0.05, 0.1) is 0 Å². The van der Waals surface area contributed by atoms with Crippen LogP contribution in [-0.2, 0) is 11.3 Å². The summed E-state index contributed by atoms with van der Waals surface area (Å²) >= 11 is 0. The van der Waals surface area contributed by atoms with Gasteiger partial charge in [0, 0.05) is 30.1 Å². The maximum absolute atomic E-state index is 14.1. The molecule has 5 heteroatoms. The maximum atomic E-state index is 14.1. The third kappa shape index (κ3) is 3.31. The fourth-order valence-corrected chi connectivity index (χ4v) is 4.81. The lowest BCUT2D eigenvalue weighted by atomic mass is 9.91. The number of amides is 1. The molecule has 4 rings (SSSR count). The van der Waals surface area contributed by atoms with E-state index in [1.54, 1.807) is 0 Å². The second kappa shape index (κ2) is 6.67. The van der Waals surface area contributed by atoms with Gasteiger partial charge in [-0.05, 0) is 56.7 Å². The van der Waals surface area contributed by atoms with Crippen molar-refractivity contribution in [3.05, 3.63) is 35.4 Å². The van der Waals surface area contributed by atoms with Crippen LogP contribution in [0.5, 0.6) is 0 Å². The van der Waals surface area contributed by atoms with Gasteiger partial charge < -0.3 is 10.2 Å². The Labute approximate surface area is 147 Å². The molecule has 3 nitrogen and oxygen atoms in total. The van der Waals surface area contributed by atoms with E-state index in [9.17, 15) is 13.6 Å². The minimum atomic E-state index is -0.573. The Morgan fingerprint density at radius 1 is 1.20 bits per heavy atom. The molecule has 3 aliphatic rings. The van der Waals surface area contributed by atoms with Gasteiger partial charge in [-0.15, -0.1) is 0 Å². The van der Waals surface area contributed by atoms with Gasteiger partial charge >= 0.3 is 0 Å². The first-order valence-electron chi connectivity index (χ1n) is 9.54. The van der Waals surface area contributed by atoms with Gasteiger partial charge in [0.25, 0.3) is 0 Å². The van der Waals surface area contributed by atoms with Crippen LogP contribution in [0.4, 0.5) is 8.78 Å². The van der Waals surface area contributed by atoms with Crippen LogP contribution in [-0.4, -0.2) is 29.9 Å². The van der Waals surface area contributed by atoms with Gasteiger partial charge in [-0.3, -0.25) is 4.79 Å². The second-order valence-corrected chi connectivity index (χ2v) is 8.01. The molecular formula is C20H26F2N2O. The molecule has 0 aromatic heterocycles. The molecule has 2 saturated carbocycles. The third-order valence-electron chi connectivity index (χ3n) is 6.49. The topological polar surface area (TPSA) is 32.3 Å². The molecule has 1 spiro atoms. The summed E-state index contributed by atoms with van der Waals surface area (Å²) in [5.41, 5.74) is 0.599. The highest BCUT2D eigenvalue weighted by Gasteiger charge is 2.59. The number of nitrogens with zero attached hydrogens (tertiary/aromatic N) is 1. The summed E-state index contributed by atoms with van der Waals surface area (Å²) in [5.74, 6) is -0.838. The van der Waals surface area contributed by atoms with E-state index >= 15 is 0 Å². The normalized spacial score (nSPS) is 25.3. The standard InChI is InChI=1S/C20H26F2N2O/c21-15-6-5-14(18(22)11-15)13-24(16-3-1-2-4-16)19(25)17-12-20(17)7-9-23-10-8-20/h5-6,11,16-17,23H,1-4,7-10,12-13H2. The van der Waals surface area contributed by atoms with Crippen LogP contribution in [0.3, 0.4) is 0 Å². The molecule has 136 valence electrons. The van der Waals surface area contributed by atoms with E-state index in [1.165, 1.54) is 12.1 Å². The van der Waals surface area contributed by atoms with Gasteiger partial charge in [-0.2, -0.15) is 0 Å². The molecule has 3 fully saturated rings. The quantitative estimate of drug-likeness (QED) is 0.901. The van der Waals surface area contributed by atoms with Crippen molar-refractivity contribution in [2.24, 2.45) is 11.3 Å². The number of hydrogen-bond donors (Lipinski definition) is 1. The molecule has 1 aromatic carbocycles. The molecule has 1 aromatic rings. The number of rotatable bonds is 4. The Hall–Kier alpha value is -1.49. The molecule has 1 aliphatic heterocycles. The van der Waals surface area contributed by atoms with Gasteiger partial charge in [0.2, 0.25) is 5.91 Å². The zero-order chi connectivity index (χ0) is 17.4. The zero-order valence-electron chi connectivity index (χ0n) is 14.6. The van der Waals surface area contributed by atoms with Crippen molar-refractivity contribution < 1.29 is 13.6 Å². The molecule has 25 heavy (non-hydrogen) atoms. The highest BCUT2D eigenvalue weighted by molar-refractivity contribution is 5.83. The maximum Gasteiger partial charge on any atom is 0.226 e. The highest BCUT2D eigenvalue weighted by atomic mass is 19.1. The summed E-state index contributed by atoms with van der Waals surface area (Å²) in [4.78, 5) is 15.2. The van der Waals surface area contributed by atoms with E-state index in [0.29, 0.717) is 5.56 Å². The first-order valence-corrected chi connectivity index (χ1v) is 9.54. The minimum Gasteiger partial charge on any atom is -0.335 e. The second-order valence-electron chi connectivity index (χ2n) is 8.01. The summed E-state index contributed by atoms with van der Waals surface area (Å²) < 4.78 is 27.3. The molecule has 0 radical (unpaired) electrons. The Kier molecular flexibility index (Phi) is 4.52. The van der Waals surface area contributed by atoms with Crippen molar-refractivity contribution in [1.29, 1.82) is 0 Å². The van der Waals surface area contributed by atoms with Gasteiger partial charge in [-0.1, -0.05) is 18.9 Å². The van der Waals surface area contributed by atoms with E-state index in [4.69, 9.17) is 0 Å². The predicted molar refractivity (Wildman–Crippen MR) is 91.8 cm³/mol. The molecule has 1 amide bonds. The van der Waals surface area contributed by atoms with Crippen molar-refractivity contribution >= 4 is 5.91 Å². The summed E-state index contributed by atoms with van der Waals surface area (Å²) in [6, 6.07) is 3.88. The SMILES string of the molecule is O=C(C1CC12CCNCC2)N(Cc1ccc(F)cc1F)C1CCCC1. The minimum absolute atomic E-state index is 0.0960. The Morgan fingerprint density at radius 2 is 1.92 bits per heavy atom. The highest BCUT2D eigenvalue weighted by Crippen LogP contribution is 2.59. The van der Waals surface area contributed by atoms with Crippen molar-refractivity contribution in [2.75, 3.05) is 13.1 Å². The third-order valence-corrected chi connectivity index (χ3v) is 6.49. The molecule has 1 saturated heterocycles. The van der Waals surface area contributed by atoms with E-state index in [0.717, 1.165) is 64.1 Å². The number of piperidine rings is 1. The first-order chi connectivity index (χ1) is 12.1. The summed E-state index contributed by atoms with van der Waals surface area (Å²) in [6.45, 7) is 2.24. The van der Waals surface area contributed by atoms with Crippen LogP contribution >= 0.6 is 0 Å². The number of halogens is 2. The van der Waals surface area contributed by atoms with Crippen LogP contribution in [0, 0.1) is 23.0 Å². The molecular weight excluding hydrogens is 322 g/mol. The molecule has 0 bridgehead atoms. The van der Waals surface area contributed by atoms with Crippen LogP contribution in [0.1, 0.15) is 50.5 Å². The van der Waals surface area contributed by atoms with Crippen LogP contribution in [0.2, 0.25) is 0 Å². The average molecular weight is 348 g/mol. The van der Waals surface area contributed by atoms with Crippen LogP contribution in [0.25, 0.3) is 0 Å². The summed E-state index contributed by atoms with van der Waals surface area (Å²) in [6.07, 6.45) is 7.34. The summed E-state index contributed by atoms with van der Waals surface area (Å²) in [5, 5.41) is 3.37.